The highest BCUT2D eigenvalue weighted by atomic mass is 16.3. The van der Waals surface area contributed by atoms with Crippen LogP contribution in [-0.2, 0) is 6.54 Å². The van der Waals surface area contributed by atoms with Crippen molar-refractivity contribution >= 4 is 11.2 Å². The maximum atomic E-state index is 11.8. The van der Waals surface area contributed by atoms with Gasteiger partial charge in [0.1, 0.15) is 17.1 Å². The number of nitrogens with one attached hydrogen (secondary N) is 2. The molecule has 8 heteroatoms. The molecule has 0 saturated carbocycles. The molecule has 0 aromatic carbocycles. The second-order valence-corrected chi connectivity index (χ2v) is 4.22. The van der Waals surface area contributed by atoms with E-state index in [-0.39, 0.29) is 16.9 Å². The van der Waals surface area contributed by atoms with Gasteiger partial charge in [-0.3, -0.25) is 19.3 Å². The standard InChI is InChI=1S/C12H11N5O3/c1-2-17-10-8(11(19)16-12(17)20)14-9(15-10)6-3-7(18)5-13-4-6/h3-5,18H,2H2,1H3,(H,14,15)(H,16,19,20). The van der Waals surface area contributed by atoms with Crippen molar-refractivity contribution in [2.45, 2.75) is 13.5 Å². The molecule has 0 aliphatic carbocycles. The van der Waals surface area contributed by atoms with Crippen molar-refractivity contribution in [2.24, 2.45) is 0 Å². The third-order valence-electron chi connectivity index (χ3n) is 2.95. The van der Waals surface area contributed by atoms with Crippen molar-refractivity contribution in [3.05, 3.63) is 39.3 Å². The number of pyridine rings is 1. The summed E-state index contributed by atoms with van der Waals surface area (Å²) in [5.74, 6) is 0.353. The van der Waals surface area contributed by atoms with Crippen molar-refractivity contribution in [3.8, 4) is 17.1 Å². The Kier molecular flexibility index (Phi) is 2.63. The normalized spacial score (nSPS) is 11.1. The Bertz CT molecular complexity index is 905. The Balaban J connectivity index is 2.33. The summed E-state index contributed by atoms with van der Waals surface area (Å²) in [6.45, 7) is 2.16. The van der Waals surface area contributed by atoms with E-state index < -0.39 is 11.2 Å². The number of imidazole rings is 1. The van der Waals surface area contributed by atoms with E-state index >= 15 is 0 Å². The van der Waals surface area contributed by atoms with Gasteiger partial charge in [0, 0.05) is 18.3 Å². The summed E-state index contributed by atoms with van der Waals surface area (Å²) in [5.41, 5.74) is -0.0151. The summed E-state index contributed by atoms with van der Waals surface area (Å²) in [5, 5.41) is 9.42. The van der Waals surface area contributed by atoms with Crippen LogP contribution < -0.4 is 11.2 Å². The lowest BCUT2D eigenvalue weighted by Gasteiger charge is -1.99. The first-order chi connectivity index (χ1) is 9.60. The number of aromatic nitrogens is 5. The van der Waals surface area contributed by atoms with Crippen molar-refractivity contribution in [3.63, 3.8) is 0 Å². The summed E-state index contributed by atoms with van der Waals surface area (Å²) < 4.78 is 1.35. The molecule has 3 aromatic rings. The van der Waals surface area contributed by atoms with Crippen LogP contribution in [0.5, 0.6) is 5.75 Å². The van der Waals surface area contributed by atoms with Gasteiger partial charge in [-0.1, -0.05) is 0 Å². The number of rotatable bonds is 2. The number of aromatic hydroxyl groups is 1. The molecule has 0 atom stereocenters. The SMILES string of the molecule is CCn1c(=O)[nH]c(=O)c2[nH]c(-c3cncc(O)c3)nc21. The summed E-state index contributed by atoms with van der Waals surface area (Å²) in [6, 6.07) is 1.47. The Hall–Kier alpha value is -2.90. The highest BCUT2D eigenvalue weighted by molar-refractivity contribution is 5.75. The molecule has 0 saturated heterocycles. The number of fused-ring (bicyclic) bond motifs is 1. The zero-order valence-electron chi connectivity index (χ0n) is 10.5. The molecule has 0 radical (unpaired) electrons. The molecular formula is C12H11N5O3. The van der Waals surface area contributed by atoms with Crippen LogP contribution in [0.2, 0.25) is 0 Å². The van der Waals surface area contributed by atoms with Crippen LogP contribution in [0.3, 0.4) is 0 Å². The number of aryl methyl sites for hydroxylation is 1. The highest BCUT2D eigenvalue weighted by Gasteiger charge is 2.13. The van der Waals surface area contributed by atoms with E-state index in [9.17, 15) is 14.7 Å². The van der Waals surface area contributed by atoms with Crippen molar-refractivity contribution in [1.82, 2.24) is 24.5 Å². The Morgan fingerprint density at radius 1 is 1.30 bits per heavy atom. The first kappa shape index (κ1) is 12.2. The first-order valence-electron chi connectivity index (χ1n) is 5.97. The molecule has 3 heterocycles. The fourth-order valence-electron chi connectivity index (χ4n) is 2.03. The van der Waals surface area contributed by atoms with Crippen LogP contribution in [0, 0.1) is 0 Å². The molecule has 3 rings (SSSR count). The van der Waals surface area contributed by atoms with Crippen LogP contribution in [0.15, 0.2) is 28.0 Å². The zero-order chi connectivity index (χ0) is 14.3. The van der Waals surface area contributed by atoms with Crippen LogP contribution in [0.25, 0.3) is 22.6 Å². The van der Waals surface area contributed by atoms with E-state index in [4.69, 9.17) is 0 Å². The lowest BCUT2D eigenvalue weighted by atomic mass is 10.2. The third kappa shape index (κ3) is 1.78. The molecule has 0 unspecified atom stereocenters. The van der Waals surface area contributed by atoms with E-state index in [2.05, 4.69) is 19.9 Å². The van der Waals surface area contributed by atoms with Gasteiger partial charge in [0.25, 0.3) is 5.56 Å². The van der Waals surface area contributed by atoms with Crippen molar-refractivity contribution in [1.29, 1.82) is 0 Å². The van der Waals surface area contributed by atoms with Crippen molar-refractivity contribution in [2.75, 3.05) is 0 Å². The number of hydrogen-bond donors (Lipinski definition) is 3. The molecule has 0 bridgehead atoms. The molecule has 8 nitrogen and oxygen atoms in total. The zero-order valence-corrected chi connectivity index (χ0v) is 10.5. The maximum Gasteiger partial charge on any atom is 0.330 e. The van der Waals surface area contributed by atoms with Gasteiger partial charge >= 0.3 is 5.69 Å². The van der Waals surface area contributed by atoms with E-state index in [1.165, 1.54) is 23.0 Å². The van der Waals surface area contributed by atoms with Crippen LogP contribution in [-0.4, -0.2) is 29.6 Å². The minimum absolute atomic E-state index is 0.00949. The van der Waals surface area contributed by atoms with Gasteiger partial charge in [-0.25, -0.2) is 9.78 Å². The van der Waals surface area contributed by atoms with Crippen LogP contribution in [0.1, 0.15) is 6.92 Å². The van der Waals surface area contributed by atoms with E-state index in [0.29, 0.717) is 17.9 Å². The maximum absolute atomic E-state index is 11.8. The summed E-state index contributed by atoms with van der Waals surface area (Å²) >= 11 is 0. The quantitative estimate of drug-likeness (QED) is 0.616. The molecule has 102 valence electrons. The molecule has 0 aliphatic heterocycles. The third-order valence-corrected chi connectivity index (χ3v) is 2.95. The number of nitrogens with zero attached hydrogens (tertiary/aromatic N) is 3. The second kappa shape index (κ2) is 4.34. The predicted octanol–water partition coefficient (Wildman–Crippen LogP) is 0.200. The Labute approximate surface area is 111 Å². The fraction of sp³-hybridized carbons (Fsp3) is 0.167. The van der Waals surface area contributed by atoms with Crippen LogP contribution >= 0.6 is 0 Å². The molecule has 0 fully saturated rings. The predicted molar refractivity (Wildman–Crippen MR) is 71.5 cm³/mol. The van der Waals surface area contributed by atoms with Gasteiger partial charge in [-0.15, -0.1) is 0 Å². The Morgan fingerprint density at radius 3 is 2.80 bits per heavy atom. The highest BCUT2D eigenvalue weighted by Crippen LogP contribution is 2.20. The average Bonchev–Trinajstić information content (AvgIpc) is 2.84. The molecule has 0 amide bonds. The van der Waals surface area contributed by atoms with Crippen LogP contribution in [0.4, 0.5) is 0 Å². The van der Waals surface area contributed by atoms with Crippen molar-refractivity contribution < 1.29 is 5.11 Å². The smallest absolute Gasteiger partial charge is 0.330 e. The lowest BCUT2D eigenvalue weighted by Crippen LogP contribution is -2.29. The topological polar surface area (TPSA) is 117 Å². The summed E-state index contributed by atoms with van der Waals surface area (Å²) in [4.78, 5) is 36.6. The number of H-pyrrole nitrogens is 2. The average molecular weight is 273 g/mol. The summed E-state index contributed by atoms with van der Waals surface area (Å²) in [7, 11) is 0. The largest absolute Gasteiger partial charge is 0.506 e. The van der Waals surface area contributed by atoms with E-state index in [1.54, 1.807) is 6.92 Å². The van der Waals surface area contributed by atoms with Gasteiger partial charge in [0.05, 0.1) is 6.20 Å². The lowest BCUT2D eigenvalue weighted by molar-refractivity contribution is 0.473. The number of hydrogen-bond acceptors (Lipinski definition) is 5. The minimum Gasteiger partial charge on any atom is -0.506 e. The molecule has 3 N–H and O–H groups in total. The monoisotopic (exact) mass is 273 g/mol. The van der Waals surface area contributed by atoms with Gasteiger partial charge in [-0.05, 0) is 13.0 Å². The minimum atomic E-state index is -0.526. The molecule has 20 heavy (non-hydrogen) atoms. The molecule has 3 aromatic heterocycles. The second-order valence-electron chi connectivity index (χ2n) is 4.22. The Morgan fingerprint density at radius 2 is 2.10 bits per heavy atom. The first-order valence-corrected chi connectivity index (χ1v) is 5.97. The molecule has 0 spiro atoms. The summed E-state index contributed by atoms with van der Waals surface area (Å²) in [6.07, 6.45) is 2.79. The van der Waals surface area contributed by atoms with Gasteiger partial charge in [0.15, 0.2) is 5.65 Å². The van der Waals surface area contributed by atoms with E-state index in [1.807, 2.05) is 0 Å². The van der Waals surface area contributed by atoms with E-state index in [0.717, 1.165) is 0 Å². The number of aromatic amines is 2. The van der Waals surface area contributed by atoms with Gasteiger partial charge < -0.3 is 10.1 Å². The fourth-order valence-corrected chi connectivity index (χ4v) is 2.03. The van der Waals surface area contributed by atoms with Gasteiger partial charge in [0.2, 0.25) is 0 Å². The molecule has 0 aliphatic rings. The molecular weight excluding hydrogens is 262 g/mol. The van der Waals surface area contributed by atoms with Gasteiger partial charge in [-0.2, -0.15) is 0 Å².